The van der Waals surface area contributed by atoms with E-state index in [1.165, 1.54) is 19.3 Å². The lowest BCUT2D eigenvalue weighted by Gasteiger charge is -2.19. The molecule has 5 heteroatoms. The van der Waals surface area contributed by atoms with E-state index in [0.29, 0.717) is 6.04 Å². The van der Waals surface area contributed by atoms with Gasteiger partial charge in [0.25, 0.3) is 0 Å². The third kappa shape index (κ3) is 2.09. The Morgan fingerprint density at radius 1 is 1.57 bits per heavy atom. The lowest BCUT2D eigenvalue weighted by Crippen LogP contribution is -2.33. The Kier molecular flexibility index (Phi) is 2.77. The Bertz CT molecular complexity index is 267. The van der Waals surface area contributed by atoms with E-state index < -0.39 is 0 Å². The number of hydrogen-bond donors (Lipinski definition) is 2. The number of rotatable bonds is 5. The van der Waals surface area contributed by atoms with Crippen molar-refractivity contribution in [1.82, 2.24) is 25.9 Å². The monoisotopic (exact) mass is 195 g/mol. The quantitative estimate of drug-likeness (QED) is 0.736. The first-order valence-electron chi connectivity index (χ1n) is 5.30. The molecule has 1 heterocycles. The van der Waals surface area contributed by atoms with E-state index in [4.69, 9.17) is 0 Å². The second-order valence-corrected chi connectivity index (χ2v) is 4.01. The molecule has 0 spiro atoms. The molecule has 0 saturated heterocycles. The van der Waals surface area contributed by atoms with E-state index in [1.54, 1.807) is 0 Å². The summed E-state index contributed by atoms with van der Waals surface area (Å²) in [5.41, 5.74) is 0. The van der Waals surface area contributed by atoms with E-state index in [-0.39, 0.29) is 6.04 Å². The van der Waals surface area contributed by atoms with Gasteiger partial charge in [-0.05, 0) is 32.1 Å². The molecule has 2 rings (SSSR count). The molecule has 14 heavy (non-hydrogen) atoms. The molecule has 1 saturated carbocycles. The Morgan fingerprint density at radius 2 is 2.36 bits per heavy atom. The SMILES string of the molecule is CCC(NC(C)c1nn[nH]n1)C1CC1. The van der Waals surface area contributed by atoms with Crippen molar-refractivity contribution in [3.63, 3.8) is 0 Å². The number of hydrogen-bond acceptors (Lipinski definition) is 4. The molecule has 1 aromatic heterocycles. The molecule has 2 N–H and O–H groups in total. The maximum atomic E-state index is 3.97. The third-order valence-corrected chi connectivity index (χ3v) is 2.84. The van der Waals surface area contributed by atoms with Gasteiger partial charge in [0.2, 0.25) is 0 Å². The molecule has 1 aliphatic carbocycles. The maximum Gasteiger partial charge on any atom is 0.191 e. The van der Waals surface area contributed by atoms with Gasteiger partial charge >= 0.3 is 0 Å². The highest BCUT2D eigenvalue weighted by atomic mass is 15.5. The minimum absolute atomic E-state index is 0.194. The molecule has 0 aromatic carbocycles. The van der Waals surface area contributed by atoms with E-state index in [2.05, 4.69) is 39.8 Å². The van der Waals surface area contributed by atoms with Crippen LogP contribution in [0.4, 0.5) is 0 Å². The van der Waals surface area contributed by atoms with Crippen LogP contribution in [0, 0.1) is 5.92 Å². The van der Waals surface area contributed by atoms with Crippen molar-refractivity contribution < 1.29 is 0 Å². The van der Waals surface area contributed by atoms with E-state index >= 15 is 0 Å². The average molecular weight is 195 g/mol. The van der Waals surface area contributed by atoms with E-state index in [9.17, 15) is 0 Å². The van der Waals surface area contributed by atoms with Crippen molar-refractivity contribution >= 4 is 0 Å². The Labute approximate surface area is 83.7 Å². The highest BCUT2D eigenvalue weighted by Gasteiger charge is 2.31. The summed E-state index contributed by atoms with van der Waals surface area (Å²) in [6.07, 6.45) is 3.90. The van der Waals surface area contributed by atoms with Gasteiger partial charge < -0.3 is 5.32 Å². The van der Waals surface area contributed by atoms with Crippen LogP contribution in [-0.2, 0) is 0 Å². The fourth-order valence-electron chi connectivity index (χ4n) is 1.83. The summed E-state index contributed by atoms with van der Waals surface area (Å²) in [7, 11) is 0. The molecule has 0 bridgehead atoms. The normalized spacial score (nSPS) is 20.7. The van der Waals surface area contributed by atoms with E-state index in [1.807, 2.05) is 0 Å². The van der Waals surface area contributed by atoms with E-state index in [0.717, 1.165) is 11.7 Å². The molecular weight excluding hydrogens is 178 g/mol. The lowest BCUT2D eigenvalue weighted by molar-refractivity contribution is 0.395. The van der Waals surface area contributed by atoms with Crippen LogP contribution in [0.5, 0.6) is 0 Å². The first-order chi connectivity index (χ1) is 6.81. The number of nitrogens with one attached hydrogen (secondary N) is 2. The van der Waals surface area contributed by atoms with Gasteiger partial charge in [0.15, 0.2) is 5.82 Å². The number of H-pyrrole nitrogens is 1. The molecule has 0 aliphatic heterocycles. The molecule has 2 unspecified atom stereocenters. The van der Waals surface area contributed by atoms with Gasteiger partial charge in [0.05, 0.1) is 6.04 Å². The molecule has 78 valence electrons. The minimum Gasteiger partial charge on any atom is -0.304 e. The summed E-state index contributed by atoms with van der Waals surface area (Å²) < 4.78 is 0. The number of tetrazole rings is 1. The highest BCUT2D eigenvalue weighted by molar-refractivity contribution is 4.92. The highest BCUT2D eigenvalue weighted by Crippen LogP contribution is 2.34. The van der Waals surface area contributed by atoms with Crippen molar-refractivity contribution in [3.05, 3.63) is 5.82 Å². The van der Waals surface area contributed by atoms with Crippen LogP contribution in [0.1, 0.15) is 45.0 Å². The number of aromatic nitrogens is 4. The van der Waals surface area contributed by atoms with Gasteiger partial charge in [-0.2, -0.15) is 5.21 Å². The lowest BCUT2D eigenvalue weighted by atomic mass is 10.1. The van der Waals surface area contributed by atoms with Gasteiger partial charge in [0.1, 0.15) is 0 Å². The zero-order valence-corrected chi connectivity index (χ0v) is 8.70. The Balaban J connectivity index is 1.89. The Hall–Kier alpha value is -0.970. The fraction of sp³-hybridized carbons (Fsp3) is 0.889. The molecule has 0 amide bonds. The first-order valence-corrected chi connectivity index (χ1v) is 5.30. The topological polar surface area (TPSA) is 66.5 Å². The van der Waals surface area contributed by atoms with Crippen molar-refractivity contribution in [2.75, 3.05) is 0 Å². The minimum atomic E-state index is 0.194. The molecule has 1 aromatic rings. The molecule has 1 aliphatic rings. The predicted molar refractivity (Wildman–Crippen MR) is 52.5 cm³/mol. The van der Waals surface area contributed by atoms with Crippen LogP contribution in [0.3, 0.4) is 0 Å². The first kappa shape index (κ1) is 9.58. The molecule has 2 atom stereocenters. The summed E-state index contributed by atoms with van der Waals surface area (Å²) >= 11 is 0. The van der Waals surface area contributed by atoms with Gasteiger partial charge in [-0.25, -0.2) is 0 Å². The van der Waals surface area contributed by atoms with Crippen molar-refractivity contribution in [2.45, 2.75) is 45.2 Å². The largest absolute Gasteiger partial charge is 0.304 e. The van der Waals surface area contributed by atoms with Gasteiger partial charge in [0, 0.05) is 6.04 Å². The zero-order chi connectivity index (χ0) is 9.97. The smallest absolute Gasteiger partial charge is 0.191 e. The predicted octanol–water partition coefficient (Wildman–Crippen LogP) is 1.04. The summed E-state index contributed by atoms with van der Waals surface area (Å²) in [5, 5.41) is 17.5. The molecule has 0 radical (unpaired) electrons. The maximum absolute atomic E-state index is 3.97. The molecule has 5 nitrogen and oxygen atoms in total. The average Bonchev–Trinajstić information content (AvgIpc) is 2.88. The van der Waals surface area contributed by atoms with Crippen molar-refractivity contribution in [2.24, 2.45) is 5.92 Å². The van der Waals surface area contributed by atoms with Crippen LogP contribution in [0.25, 0.3) is 0 Å². The van der Waals surface area contributed by atoms with Crippen LogP contribution in [0.15, 0.2) is 0 Å². The molecule has 1 fully saturated rings. The van der Waals surface area contributed by atoms with Crippen LogP contribution < -0.4 is 5.32 Å². The van der Waals surface area contributed by atoms with Gasteiger partial charge in [-0.3, -0.25) is 0 Å². The summed E-state index contributed by atoms with van der Waals surface area (Å²) in [4.78, 5) is 0. The summed E-state index contributed by atoms with van der Waals surface area (Å²) in [6.45, 7) is 4.30. The summed E-state index contributed by atoms with van der Waals surface area (Å²) in [5.74, 6) is 1.62. The number of aromatic amines is 1. The Morgan fingerprint density at radius 3 is 2.86 bits per heavy atom. The third-order valence-electron chi connectivity index (χ3n) is 2.84. The number of nitrogens with zero attached hydrogens (tertiary/aromatic N) is 3. The zero-order valence-electron chi connectivity index (χ0n) is 8.70. The fourth-order valence-corrected chi connectivity index (χ4v) is 1.83. The van der Waals surface area contributed by atoms with Gasteiger partial charge in [-0.15, -0.1) is 10.2 Å². The second-order valence-electron chi connectivity index (χ2n) is 4.01. The standard InChI is InChI=1S/C9H17N5/c1-3-8(7-4-5-7)10-6(2)9-11-13-14-12-9/h6-8,10H,3-5H2,1-2H3,(H,11,12,13,14). The van der Waals surface area contributed by atoms with Crippen molar-refractivity contribution in [3.8, 4) is 0 Å². The molecular formula is C9H17N5. The summed E-state index contributed by atoms with van der Waals surface area (Å²) in [6, 6.07) is 0.808. The van der Waals surface area contributed by atoms with Crippen molar-refractivity contribution in [1.29, 1.82) is 0 Å². The van der Waals surface area contributed by atoms with Crippen LogP contribution in [0.2, 0.25) is 0 Å². The second kappa shape index (κ2) is 4.04. The van der Waals surface area contributed by atoms with Crippen LogP contribution >= 0.6 is 0 Å². The van der Waals surface area contributed by atoms with Gasteiger partial charge in [-0.1, -0.05) is 12.1 Å². The van der Waals surface area contributed by atoms with Crippen LogP contribution in [-0.4, -0.2) is 26.7 Å².